The first kappa shape index (κ1) is 12.9. The lowest BCUT2D eigenvalue weighted by molar-refractivity contribution is 0.0647. The molecule has 0 unspecified atom stereocenters. The van der Waals surface area contributed by atoms with Crippen molar-refractivity contribution in [3.63, 3.8) is 0 Å². The lowest BCUT2D eigenvalue weighted by Gasteiger charge is -2.22. The second kappa shape index (κ2) is 5.51. The third-order valence-corrected chi connectivity index (χ3v) is 3.79. The summed E-state index contributed by atoms with van der Waals surface area (Å²) in [6.07, 6.45) is 3.32. The Kier molecular flexibility index (Phi) is 3.56. The fraction of sp³-hybridized carbons (Fsp3) is 0.312. The molecule has 1 N–H and O–H groups in total. The molecule has 0 aliphatic carbocycles. The van der Waals surface area contributed by atoms with Crippen LogP contribution in [-0.4, -0.2) is 35.1 Å². The van der Waals surface area contributed by atoms with E-state index < -0.39 is 0 Å². The van der Waals surface area contributed by atoms with Crippen LogP contribution in [0.2, 0.25) is 0 Å². The third-order valence-electron chi connectivity index (χ3n) is 3.79. The molecule has 1 aliphatic heterocycles. The maximum atomic E-state index is 12.6. The van der Waals surface area contributed by atoms with Crippen molar-refractivity contribution in [2.24, 2.45) is 0 Å². The van der Waals surface area contributed by atoms with E-state index in [1.807, 2.05) is 36.4 Å². The number of aliphatic hydroxyl groups excluding tert-OH is 1. The van der Waals surface area contributed by atoms with Crippen LogP contribution in [0.15, 0.2) is 47.1 Å². The zero-order valence-corrected chi connectivity index (χ0v) is 11.2. The summed E-state index contributed by atoms with van der Waals surface area (Å²) in [5.41, 5.74) is 1.77. The molecule has 0 radical (unpaired) electrons. The van der Waals surface area contributed by atoms with E-state index in [0.29, 0.717) is 12.3 Å². The van der Waals surface area contributed by atoms with Crippen LogP contribution in [-0.2, 0) is 0 Å². The number of hydrogen-bond acceptors (Lipinski definition) is 3. The fourth-order valence-electron chi connectivity index (χ4n) is 2.74. The van der Waals surface area contributed by atoms with Gasteiger partial charge in [0.25, 0.3) is 5.91 Å². The molecule has 2 aromatic rings. The molecule has 4 heteroatoms. The molecule has 2 heterocycles. The molecule has 1 atom stereocenters. The van der Waals surface area contributed by atoms with Crippen LogP contribution in [0.3, 0.4) is 0 Å². The normalized spacial score (nSPS) is 18.4. The van der Waals surface area contributed by atoms with Gasteiger partial charge in [0.1, 0.15) is 0 Å². The topological polar surface area (TPSA) is 53.7 Å². The summed E-state index contributed by atoms with van der Waals surface area (Å²) in [6.45, 7) is 0.687. The van der Waals surface area contributed by atoms with Crippen molar-refractivity contribution < 1.29 is 14.3 Å². The fourth-order valence-corrected chi connectivity index (χ4v) is 2.74. The van der Waals surface area contributed by atoms with Crippen molar-refractivity contribution in [3.8, 4) is 11.1 Å². The smallest absolute Gasteiger partial charge is 0.290 e. The molecule has 104 valence electrons. The Morgan fingerprint density at radius 2 is 2.10 bits per heavy atom. The maximum Gasteiger partial charge on any atom is 0.290 e. The largest absolute Gasteiger partial charge is 0.459 e. The van der Waals surface area contributed by atoms with Gasteiger partial charge < -0.3 is 14.4 Å². The second-order valence-electron chi connectivity index (χ2n) is 5.01. The highest BCUT2D eigenvalue weighted by Gasteiger charge is 2.31. The second-order valence-corrected chi connectivity index (χ2v) is 5.01. The molecular formula is C16H17NO3. The van der Waals surface area contributed by atoms with Crippen LogP contribution in [0.5, 0.6) is 0 Å². The summed E-state index contributed by atoms with van der Waals surface area (Å²) < 4.78 is 5.41. The molecule has 0 spiro atoms. The van der Waals surface area contributed by atoms with Crippen molar-refractivity contribution in [2.45, 2.75) is 18.9 Å². The summed E-state index contributed by atoms with van der Waals surface area (Å²) >= 11 is 0. The molecule has 1 aliphatic rings. The number of amides is 1. The minimum Gasteiger partial charge on any atom is -0.459 e. The Morgan fingerprint density at radius 3 is 2.85 bits per heavy atom. The van der Waals surface area contributed by atoms with Crippen molar-refractivity contribution in [2.75, 3.05) is 13.2 Å². The van der Waals surface area contributed by atoms with Gasteiger partial charge in [-0.05, 0) is 24.5 Å². The Balaban J connectivity index is 1.92. The van der Waals surface area contributed by atoms with Gasteiger partial charge in [-0.3, -0.25) is 4.79 Å². The first-order valence-electron chi connectivity index (χ1n) is 6.86. The quantitative estimate of drug-likeness (QED) is 0.933. The van der Waals surface area contributed by atoms with Crippen LogP contribution in [0.25, 0.3) is 11.1 Å². The Hall–Kier alpha value is -2.07. The van der Waals surface area contributed by atoms with E-state index in [4.69, 9.17) is 4.42 Å². The summed E-state index contributed by atoms with van der Waals surface area (Å²) in [5.74, 6) is 0.224. The summed E-state index contributed by atoms with van der Waals surface area (Å²) in [5, 5.41) is 9.34. The van der Waals surface area contributed by atoms with Gasteiger partial charge in [-0.15, -0.1) is 0 Å². The van der Waals surface area contributed by atoms with Gasteiger partial charge >= 0.3 is 0 Å². The number of aliphatic hydroxyl groups is 1. The average molecular weight is 271 g/mol. The predicted molar refractivity (Wildman–Crippen MR) is 75.3 cm³/mol. The zero-order chi connectivity index (χ0) is 13.9. The monoisotopic (exact) mass is 271 g/mol. The number of carbonyl (C=O) groups is 1. The SMILES string of the molecule is O=C(c1occc1-c1ccccc1)N1CCC[C@H]1CO. The van der Waals surface area contributed by atoms with Gasteiger partial charge in [0.2, 0.25) is 0 Å². The average Bonchev–Trinajstić information content (AvgIpc) is 3.16. The van der Waals surface area contributed by atoms with Gasteiger partial charge in [-0.2, -0.15) is 0 Å². The molecule has 1 aromatic carbocycles. The highest BCUT2D eigenvalue weighted by molar-refractivity contribution is 5.98. The lowest BCUT2D eigenvalue weighted by Crippen LogP contribution is -2.37. The van der Waals surface area contributed by atoms with Gasteiger partial charge in [0.05, 0.1) is 18.9 Å². The molecule has 3 rings (SSSR count). The van der Waals surface area contributed by atoms with E-state index in [2.05, 4.69) is 0 Å². The minimum absolute atomic E-state index is 0.00706. The van der Waals surface area contributed by atoms with Crippen molar-refractivity contribution in [1.29, 1.82) is 0 Å². The van der Waals surface area contributed by atoms with E-state index >= 15 is 0 Å². The number of likely N-dealkylation sites (tertiary alicyclic amines) is 1. The van der Waals surface area contributed by atoms with Crippen LogP contribution < -0.4 is 0 Å². The van der Waals surface area contributed by atoms with Gasteiger partial charge in [0, 0.05) is 12.1 Å². The molecule has 1 amide bonds. The maximum absolute atomic E-state index is 12.6. The third kappa shape index (κ3) is 2.23. The highest BCUT2D eigenvalue weighted by Crippen LogP contribution is 2.28. The van der Waals surface area contributed by atoms with Crippen molar-refractivity contribution in [3.05, 3.63) is 48.4 Å². The molecule has 1 saturated heterocycles. The number of benzene rings is 1. The number of hydrogen-bond donors (Lipinski definition) is 1. The molecule has 4 nitrogen and oxygen atoms in total. The number of furan rings is 1. The van der Waals surface area contributed by atoms with E-state index in [0.717, 1.165) is 24.0 Å². The van der Waals surface area contributed by atoms with E-state index in [9.17, 15) is 9.90 Å². The van der Waals surface area contributed by atoms with Crippen LogP contribution in [0.1, 0.15) is 23.4 Å². The molecule has 20 heavy (non-hydrogen) atoms. The van der Waals surface area contributed by atoms with Gasteiger partial charge in [-0.25, -0.2) is 0 Å². The van der Waals surface area contributed by atoms with E-state index in [1.54, 1.807) is 11.2 Å². The van der Waals surface area contributed by atoms with Crippen molar-refractivity contribution >= 4 is 5.91 Å². The summed E-state index contributed by atoms with van der Waals surface area (Å²) in [7, 11) is 0. The Bertz CT molecular complexity index is 591. The number of carbonyl (C=O) groups excluding carboxylic acids is 1. The first-order chi connectivity index (χ1) is 9.81. The van der Waals surface area contributed by atoms with Crippen molar-refractivity contribution in [1.82, 2.24) is 4.90 Å². The van der Waals surface area contributed by atoms with Crippen LogP contribution >= 0.6 is 0 Å². The van der Waals surface area contributed by atoms with E-state index in [1.165, 1.54) is 0 Å². The van der Waals surface area contributed by atoms with Crippen LogP contribution in [0.4, 0.5) is 0 Å². The predicted octanol–water partition coefficient (Wildman–Crippen LogP) is 2.54. The van der Waals surface area contributed by atoms with Gasteiger partial charge in [-0.1, -0.05) is 30.3 Å². The molecule has 1 aromatic heterocycles. The molecular weight excluding hydrogens is 254 g/mol. The van der Waals surface area contributed by atoms with Crippen LogP contribution in [0, 0.1) is 0 Å². The molecule has 0 saturated carbocycles. The minimum atomic E-state index is -0.134. The Labute approximate surface area is 117 Å². The zero-order valence-electron chi connectivity index (χ0n) is 11.2. The number of rotatable bonds is 3. The molecule has 1 fully saturated rings. The Morgan fingerprint density at radius 1 is 1.30 bits per heavy atom. The van der Waals surface area contributed by atoms with Gasteiger partial charge in [0.15, 0.2) is 5.76 Å². The standard InChI is InChI=1S/C16H17NO3/c18-11-13-7-4-9-17(13)16(19)15-14(8-10-20-15)12-5-2-1-3-6-12/h1-3,5-6,8,10,13,18H,4,7,9,11H2/t13-/m0/s1. The first-order valence-corrected chi connectivity index (χ1v) is 6.86. The lowest BCUT2D eigenvalue weighted by atomic mass is 10.1. The molecule has 0 bridgehead atoms. The van der Waals surface area contributed by atoms with E-state index in [-0.39, 0.29) is 18.6 Å². The summed E-state index contributed by atoms with van der Waals surface area (Å²) in [4.78, 5) is 14.3. The highest BCUT2D eigenvalue weighted by atomic mass is 16.3. The number of nitrogens with zero attached hydrogens (tertiary/aromatic N) is 1. The summed E-state index contributed by atoms with van der Waals surface area (Å²) in [6, 6.07) is 11.4.